The zero-order valence-electron chi connectivity index (χ0n) is 23.0. The molecule has 44 heavy (non-hydrogen) atoms. The van der Waals surface area contributed by atoms with E-state index in [2.05, 4.69) is 5.32 Å². The van der Waals surface area contributed by atoms with Gasteiger partial charge >= 0.3 is 12.2 Å². The number of primary amides is 1. The number of fused-ring (bicyclic) bond motifs is 3. The van der Waals surface area contributed by atoms with E-state index in [0.29, 0.717) is 6.07 Å². The number of carbonyl (C=O) groups is 4. The van der Waals surface area contributed by atoms with Crippen molar-refractivity contribution >= 4 is 52.2 Å². The molecule has 0 aromatic heterocycles. The summed E-state index contributed by atoms with van der Waals surface area (Å²) < 4.78 is 40.4. The maximum absolute atomic E-state index is 13.8. The summed E-state index contributed by atoms with van der Waals surface area (Å²) in [6, 6.07) is 4.13. The first-order chi connectivity index (χ1) is 20.5. The van der Waals surface area contributed by atoms with Crippen LogP contribution in [0, 0.1) is 29.6 Å². The van der Waals surface area contributed by atoms with Crippen LogP contribution in [0.15, 0.2) is 35.9 Å². The number of ketones is 2. The Morgan fingerprint density at radius 3 is 2.20 bits per heavy atom. The molecule has 15 heteroatoms. The van der Waals surface area contributed by atoms with Crippen LogP contribution in [0.3, 0.4) is 0 Å². The van der Waals surface area contributed by atoms with Crippen molar-refractivity contribution in [3.05, 3.63) is 57.6 Å². The van der Waals surface area contributed by atoms with Gasteiger partial charge < -0.3 is 36.8 Å². The molecule has 0 saturated heterocycles. The minimum Gasteiger partial charge on any atom is -0.507 e. The summed E-state index contributed by atoms with van der Waals surface area (Å²) in [6.45, 7) is 3.08. The summed E-state index contributed by atoms with van der Waals surface area (Å²) in [5, 5.41) is 48.6. The molecule has 8 unspecified atom stereocenters. The van der Waals surface area contributed by atoms with Crippen molar-refractivity contribution in [3.8, 4) is 5.75 Å². The van der Waals surface area contributed by atoms with E-state index in [9.17, 15) is 52.8 Å². The van der Waals surface area contributed by atoms with Crippen molar-refractivity contribution in [2.75, 3.05) is 10.6 Å². The number of alkyl halides is 3. The van der Waals surface area contributed by atoms with Crippen molar-refractivity contribution in [1.82, 2.24) is 0 Å². The van der Waals surface area contributed by atoms with Gasteiger partial charge in [0.15, 0.2) is 11.6 Å². The monoisotopic (exact) mass is 637 g/mol. The van der Waals surface area contributed by atoms with E-state index in [1.807, 2.05) is 5.32 Å². The van der Waals surface area contributed by atoms with Gasteiger partial charge in [-0.25, -0.2) is 4.79 Å². The number of urea groups is 1. The lowest BCUT2D eigenvalue weighted by Crippen LogP contribution is -2.62. The highest BCUT2D eigenvalue weighted by molar-refractivity contribution is 6.30. The van der Waals surface area contributed by atoms with Crippen LogP contribution in [0.25, 0.3) is 5.76 Å². The van der Waals surface area contributed by atoms with Crippen molar-refractivity contribution in [2.24, 2.45) is 35.3 Å². The van der Waals surface area contributed by atoms with E-state index in [1.165, 1.54) is 19.1 Å². The lowest BCUT2D eigenvalue weighted by atomic mass is 9.53. The highest BCUT2D eigenvalue weighted by atomic mass is 35.5. The fraction of sp³-hybridized carbons (Fsp3) is 0.379. The van der Waals surface area contributed by atoms with Gasteiger partial charge in [0.05, 0.1) is 40.6 Å². The van der Waals surface area contributed by atoms with Gasteiger partial charge in [0.1, 0.15) is 17.4 Å². The fourth-order valence-electron chi connectivity index (χ4n) is 6.87. The molecular formula is C29H27ClF3N3O8. The van der Waals surface area contributed by atoms with E-state index < -0.39 is 100 Å². The van der Waals surface area contributed by atoms with Crippen LogP contribution in [-0.2, 0) is 20.6 Å². The summed E-state index contributed by atoms with van der Waals surface area (Å²) in [6.07, 6.45) is -7.83. The molecule has 2 fully saturated rings. The number of hydrogen-bond acceptors (Lipinski definition) is 8. The van der Waals surface area contributed by atoms with E-state index in [0.717, 1.165) is 12.1 Å². The third-order valence-corrected chi connectivity index (χ3v) is 9.19. The van der Waals surface area contributed by atoms with Gasteiger partial charge in [0.25, 0.3) is 0 Å². The summed E-state index contributed by atoms with van der Waals surface area (Å²) in [5.74, 6) is -11.7. The standard InChI is InChI=1S/C29H27ClF3N3O8/c1-8-11-4-6-14(36-28(44)35-13-5-3-10(30)7-12(13)29(31,32)33)22(38)17(11)24(40)18-15(8)23(39)16-9(2)21(37)20(27(34)43)26(42)19(16)25(18)41/h3-9,15-16,19-21,23,37-40H,1-2H3,(H2,34,43)(H2,35,36,44). The summed E-state index contributed by atoms with van der Waals surface area (Å²) >= 11 is 5.67. The first kappa shape index (κ1) is 31.3. The van der Waals surface area contributed by atoms with Gasteiger partial charge in [-0.15, -0.1) is 0 Å². The Bertz CT molecular complexity index is 1640. The molecule has 11 nitrogen and oxygen atoms in total. The molecule has 0 aliphatic heterocycles. The molecule has 3 aliphatic carbocycles. The zero-order chi connectivity index (χ0) is 32.6. The Morgan fingerprint density at radius 2 is 1.59 bits per heavy atom. The van der Waals surface area contributed by atoms with Crippen molar-refractivity contribution < 1.29 is 52.8 Å². The molecule has 8 N–H and O–H groups in total. The topological polar surface area (TPSA) is 199 Å². The van der Waals surface area contributed by atoms with E-state index in [4.69, 9.17) is 17.3 Å². The third kappa shape index (κ3) is 4.77. The number of nitrogens with two attached hydrogens (primary N) is 1. The number of Topliss-reactive ketones (excluding diaryl/α,β-unsaturated/α-hetero) is 2. The minimum atomic E-state index is -4.85. The molecule has 2 aromatic carbocycles. The first-order valence-corrected chi connectivity index (χ1v) is 13.8. The molecule has 3 aliphatic rings. The third-order valence-electron chi connectivity index (χ3n) is 8.95. The largest absolute Gasteiger partial charge is 0.507 e. The number of aliphatic hydroxyl groups is 3. The second-order valence-electron chi connectivity index (χ2n) is 11.3. The van der Waals surface area contributed by atoms with E-state index >= 15 is 0 Å². The van der Waals surface area contributed by atoms with E-state index in [-0.39, 0.29) is 27.4 Å². The average molecular weight is 638 g/mol. The van der Waals surface area contributed by atoms with Crippen LogP contribution in [0.4, 0.5) is 29.3 Å². The number of aliphatic hydroxyl groups excluding tert-OH is 3. The predicted molar refractivity (Wildman–Crippen MR) is 150 cm³/mol. The van der Waals surface area contributed by atoms with Gasteiger partial charge in [0.2, 0.25) is 5.91 Å². The number of carbonyl (C=O) groups excluding carboxylic acids is 4. The van der Waals surface area contributed by atoms with Crippen LogP contribution in [0.5, 0.6) is 5.75 Å². The molecule has 8 atom stereocenters. The number of hydrogen-bond donors (Lipinski definition) is 7. The van der Waals surface area contributed by atoms with E-state index in [1.54, 1.807) is 6.92 Å². The quantitative estimate of drug-likeness (QED) is 0.196. The predicted octanol–water partition coefficient (Wildman–Crippen LogP) is 3.57. The Morgan fingerprint density at radius 1 is 0.977 bits per heavy atom. The summed E-state index contributed by atoms with van der Waals surface area (Å²) in [5.41, 5.74) is 2.71. The number of nitrogens with one attached hydrogen (secondary N) is 2. The molecule has 0 bridgehead atoms. The summed E-state index contributed by atoms with van der Waals surface area (Å²) in [4.78, 5) is 51.7. The number of amides is 3. The smallest absolute Gasteiger partial charge is 0.418 e. The molecule has 0 heterocycles. The normalized spacial score (nSPS) is 29.8. The number of phenolic OH excluding ortho intramolecular Hbond substituents is 1. The molecular weight excluding hydrogens is 611 g/mol. The Kier molecular flexibility index (Phi) is 7.67. The fourth-order valence-corrected chi connectivity index (χ4v) is 7.04. The molecule has 0 spiro atoms. The second-order valence-corrected chi connectivity index (χ2v) is 11.7. The lowest BCUT2D eigenvalue weighted by molar-refractivity contribution is -0.164. The molecule has 2 aromatic rings. The van der Waals surface area contributed by atoms with Crippen molar-refractivity contribution in [2.45, 2.75) is 38.1 Å². The Balaban J connectivity index is 1.52. The highest BCUT2D eigenvalue weighted by Gasteiger charge is 2.61. The van der Waals surface area contributed by atoms with Gasteiger partial charge in [-0.05, 0) is 41.7 Å². The van der Waals surface area contributed by atoms with Crippen molar-refractivity contribution in [3.63, 3.8) is 0 Å². The summed E-state index contributed by atoms with van der Waals surface area (Å²) in [7, 11) is 0. The molecule has 5 rings (SSSR count). The van der Waals surface area contributed by atoms with Crippen LogP contribution in [0.2, 0.25) is 5.02 Å². The Labute approximate surface area is 252 Å². The molecule has 2 saturated carbocycles. The average Bonchev–Trinajstić information content (AvgIpc) is 2.92. The van der Waals surface area contributed by atoms with Gasteiger partial charge in [-0.1, -0.05) is 31.5 Å². The van der Waals surface area contributed by atoms with Gasteiger partial charge in [-0.2, -0.15) is 13.2 Å². The van der Waals surface area contributed by atoms with Gasteiger partial charge in [0, 0.05) is 22.4 Å². The number of anilines is 2. The number of aromatic hydroxyl groups is 1. The number of rotatable bonds is 3. The van der Waals surface area contributed by atoms with Crippen LogP contribution in [0.1, 0.15) is 36.5 Å². The second kappa shape index (κ2) is 10.8. The van der Waals surface area contributed by atoms with Crippen LogP contribution >= 0.6 is 11.6 Å². The molecule has 0 radical (unpaired) electrons. The van der Waals surface area contributed by atoms with Crippen LogP contribution < -0.4 is 16.4 Å². The van der Waals surface area contributed by atoms with Gasteiger partial charge in [-0.3, -0.25) is 14.4 Å². The number of benzene rings is 2. The Hall–Kier alpha value is -4.14. The minimum absolute atomic E-state index is 0.217. The number of phenols is 1. The van der Waals surface area contributed by atoms with Crippen LogP contribution in [-0.4, -0.2) is 56.1 Å². The maximum atomic E-state index is 13.8. The lowest BCUT2D eigenvalue weighted by Gasteiger charge is -2.51. The maximum Gasteiger partial charge on any atom is 0.418 e. The molecule has 3 amide bonds. The number of halogens is 4. The zero-order valence-corrected chi connectivity index (χ0v) is 23.8. The SMILES string of the molecule is CC1c2ccc(NC(=O)Nc3ccc(Cl)cc3C(F)(F)F)c(O)c2C(O)=C2C(=O)C3C(=O)C(C(N)=O)C(O)C(C)C3C(O)C21. The van der Waals surface area contributed by atoms with Crippen molar-refractivity contribution in [1.29, 1.82) is 0 Å². The first-order valence-electron chi connectivity index (χ1n) is 13.4. The highest BCUT2D eigenvalue weighted by Crippen LogP contribution is 2.55. The molecule has 234 valence electrons.